The zero-order valence-electron chi connectivity index (χ0n) is 9.23. The monoisotopic (exact) mass is 225 g/mol. The highest BCUT2D eigenvalue weighted by molar-refractivity contribution is 5.88. The second-order valence-corrected chi connectivity index (χ2v) is 3.94. The van der Waals surface area contributed by atoms with Crippen molar-refractivity contribution in [3.63, 3.8) is 0 Å². The van der Waals surface area contributed by atoms with Gasteiger partial charge in [-0.3, -0.25) is 9.59 Å². The van der Waals surface area contributed by atoms with E-state index in [0.717, 1.165) is 11.3 Å². The van der Waals surface area contributed by atoms with Crippen LogP contribution in [0.3, 0.4) is 0 Å². The lowest BCUT2D eigenvalue weighted by atomic mass is 10.0. The molecule has 1 atom stereocenters. The lowest BCUT2D eigenvalue weighted by molar-refractivity contribution is -0.155. The fourth-order valence-corrected chi connectivity index (χ4v) is 1.76. The van der Waals surface area contributed by atoms with Crippen molar-refractivity contribution in [3.8, 4) is 12.3 Å². The highest BCUT2D eigenvalue weighted by atomic mass is 16.5. The number of nitrogens with zero attached hydrogens (tertiary/aromatic N) is 1. The molecule has 0 aromatic rings. The molecule has 0 bridgehead atoms. The van der Waals surface area contributed by atoms with Gasteiger partial charge in [0.2, 0.25) is 0 Å². The summed E-state index contributed by atoms with van der Waals surface area (Å²) in [6, 6.07) is 0. The van der Waals surface area contributed by atoms with E-state index in [0.29, 0.717) is 13.0 Å². The van der Waals surface area contributed by atoms with Crippen LogP contribution in [0.25, 0.3) is 0 Å². The highest BCUT2D eigenvalue weighted by Gasteiger charge is 2.40. The van der Waals surface area contributed by atoms with Crippen molar-refractivity contribution in [1.82, 2.24) is 4.90 Å². The Morgan fingerprint density at radius 1 is 1.62 bits per heavy atom. The molecular formula is C11H15NO4. The molecule has 1 heterocycles. The van der Waals surface area contributed by atoms with Crippen LogP contribution in [0.4, 0.5) is 0 Å². The largest absolute Gasteiger partial charge is 0.480 e. The molecule has 1 aliphatic heterocycles. The first kappa shape index (κ1) is 12.5. The van der Waals surface area contributed by atoms with Gasteiger partial charge in [-0.1, -0.05) is 5.92 Å². The Labute approximate surface area is 94.4 Å². The Balaban J connectivity index is 2.74. The number of hydrogen-bond donors (Lipinski definition) is 1. The summed E-state index contributed by atoms with van der Waals surface area (Å²) in [5, 5.41) is 8.68. The van der Waals surface area contributed by atoms with Crippen molar-refractivity contribution in [2.45, 2.75) is 25.4 Å². The minimum absolute atomic E-state index is 0.00984. The van der Waals surface area contributed by atoms with Crippen LogP contribution in [0, 0.1) is 12.3 Å². The Kier molecular flexibility index (Phi) is 3.91. The van der Waals surface area contributed by atoms with Crippen molar-refractivity contribution >= 4 is 11.9 Å². The van der Waals surface area contributed by atoms with Gasteiger partial charge in [0.05, 0.1) is 6.54 Å². The van der Waals surface area contributed by atoms with E-state index < -0.39 is 11.6 Å². The lowest BCUT2D eigenvalue weighted by Crippen LogP contribution is -2.48. The first-order chi connectivity index (χ1) is 7.49. The van der Waals surface area contributed by atoms with Gasteiger partial charge in [0.1, 0.15) is 12.1 Å². The molecule has 1 fully saturated rings. The van der Waals surface area contributed by atoms with Crippen LogP contribution in [0.1, 0.15) is 19.8 Å². The van der Waals surface area contributed by atoms with E-state index in [-0.39, 0.29) is 19.0 Å². The number of terminal acetylenes is 1. The Hall–Kier alpha value is -1.54. The SMILES string of the molecule is C#CCN(CC(=O)O)C(=O)C1(C)CCCO1. The summed E-state index contributed by atoms with van der Waals surface area (Å²) in [4.78, 5) is 23.8. The Morgan fingerprint density at radius 3 is 2.75 bits per heavy atom. The number of carboxylic acids is 1. The van der Waals surface area contributed by atoms with Crippen LogP contribution in [-0.2, 0) is 14.3 Å². The number of rotatable bonds is 4. The van der Waals surface area contributed by atoms with Gasteiger partial charge in [0.25, 0.3) is 5.91 Å². The molecule has 5 nitrogen and oxygen atoms in total. The molecule has 16 heavy (non-hydrogen) atoms. The Bertz CT molecular complexity index is 325. The van der Waals surface area contributed by atoms with Gasteiger partial charge in [0, 0.05) is 6.61 Å². The van der Waals surface area contributed by atoms with Gasteiger partial charge in [-0.2, -0.15) is 0 Å². The maximum absolute atomic E-state index is 12.0. The lowest BCUT2D eigenvalue weighted by Gasteiger charge is -2.28. The smallest absolute Gasteiger partial charge is 0.323 e. The Morgan fingerprint density at radius 2 is 2.31 bits per heavy atom. The average molecular weight is 225 g/mol. The third kappa shape index (κ3) is 2.74. The molecule has 0 aromatic heterocycles. The second-order valence-electron chi connectivity index (χ2n) is 3.94. The zero-order valence-corrected chi connectivity index (χ0v) is 9.23. The van der Waals surface area contributed by atoms with E-state index in [2.05, 4.69) is 5.92 Å². The van der Waals surface area contributed by atoms with Crippen molar-refractivity contribution < 1.29 is 19.4 Å². The molecule has 1 rings (SSSR count). The summed E-state index contributed by atoms with van der Waals surface area (Å²) >= 11 is 0. The number of carbonyl (C=O) groups is 2. The molecule has 5 heteroatoms. The normalized spacial score (nSPS) is 23.8. The van der Waals surface area contributed by atoms with Gasteiger partial charge < -0.3 is 14.7 Å². The minimum atomic E-state index is -1.08. The quantitative estimate of drug-likeness (QED) is 0.689. The van der Waals surface area contributed by atoms with Crippen molar-refractivity contribution in [1.29, 1.82) is 0 Å². The first-order valence-electron chi connectivity index (χ1n) is 5.08. The van der Waals surface area contributed by atoms with E-state index >= 15 is 0 Å². The maximum atomic E-state index is 12.0. The average Bonchev–Trinajstić information content (AvgIpc) is 2.64. The third-order valence-corrected chi connectivity index (χ3v) is 2.57. The molecule has 0 spiro atoms. The number of aliphatic carboxylic acids is 1. The van der Waals surface area contributed by atoms with Crippen LogP contribution < -0.4 is 0 Å². The predicted molar refractivity (Wildman–Crippen MR) is 56.6 cm³/mol. The summed E-state index contributed by atoms with van der Waals surface area (Å²) < 4.78 is 5.36. The van der Waals surface area contributed by atoms with E-state index in [1.165, 1.54) is 0 Å². The molecule has 0 saturated carbocycles. The summed E-state index contributed by atoms with van der Waals surface area (Å²) in [5.41, 5.74) is -0.910. The van der Waals surface area contributed by atoms with E-state index in [4.69, 9.17) is 16.3 Å². The van der Waals surface area contributed by atoms with Crippen LogP contribution in [0.5, 0.6) is 0 Å². The molecule has 1 saturated heterocycles. The number of ether oxygens (including phenoxy) is 1. The maximum Gasteiger partial charge on any atom is 0.323 e. The number of carbonyl (C=O) groups excluding carboxylic acids is 1. The van der Waals surface area contributed by atoms with Gasteiger partial charge in [-0.15, -0.1) is 6.42 Å². The summed E-state index contributed by atoms with van der Waals surface area (Å²) in [6.45, 7) is 1.80. The van der Waals surface area contributed by atoms with Crippen molar-refractivity contribution in [2.24, 2.45) is 0 Å². The number of amides is 1. The standard InChI is InChI=1S/C11H15NO4/c1-3-6-12(8-9(13)14)10(15)11(2)5-4-7-16-11/h1H,4-8H2,2H3,(H,13,14). The molecular weight excluding hydrogens is 210 g/mol. The molecule has 0 aromatic carbocycles. The van der Waals surface area contributed by atoms with Crippen LogP contribution in [0.2, 0.25) is 0 Å². The molecule has 1 aliphatic rings. The van der Waals surface area contributed by atoms with Crippen molar-refractivity contribution in [3.05, 3.63) is 0 Å². The fraction of sp³-hybridized carbons (Fsp3) is 0.636. The third-order valence-electron chi connectivity index (χ3n) is 2.57. The molecule has 1 amide bonds. The molecule has 88 valence electrons. The number of carboxylic acid groups (broad SMARTS) is 1. The predicted octanol–water partition coefficient (Wildman–Crippen LogP) is 0.102. The van der Waals surface area contributed by atoms with E-state index in [9.17, 15) is 9.59 Å². The van der Waals surface area contributed by atoms with Crippen LogP contribution in [0.15, 0.2) is 0 Å². The summed E-state index contributed by atoms with van der Waals surface area (Å²) in [7, 11) is 0. The van der Waals surface area contributed by atoms with Gasteiger partial charge in [-0.05, 0) is 19.8 Å². The van der Waals surface area contributed by atoms with E-state index in [1.54, 1.807) is 6.92 Å². The van der Waals surface area contributed by atoms with Gasteiger partial charge >= 0.3 is 5.97 Å². The summed E-state index contributed by atoms with van der Waals surface area (Å²) in [6.07, 6.45) is 6.52. The summed E-state index contributed by atoms with van der Waals surface area (Å²) in [5.74, 6) is 0.860. The van der Waals surface area contributed by atoms with E-state index in [1.807, 2.05) is 0 Å². The minimum Gasteiger partial charge on any atom is -0.480 e. The van der Waals surface area contributed by atoms with Gasteiger partial charge in [0.15, 0.2) is 0 Å². The van der Waals surface area contributed by atoms with Crippen molar-refractivity contribution in [2.75, 3.05) is 19.7 Å². The van der Waals surface area contributed by atoms with Gasteiger partial charge in [-0.25, -0.2) is 0 Å². The highest BCUT2D eigenvalue weighted by Crippen LogP contribution is 2.27. The molecule has 0 radical (unpaired) electrons. The molecule has 0 aliphatic carbocycles. The topological polar surface area (TPSA) is 66.8 Å². The first-order valence-corrected chi connectivity index (χ1v) is 5.08. The zero-order chi connectivity index (χ0) is 12.2. The fourth-order valence-electron chi connectivity index (χ4n) is 1.76. The molecule has 1 unspecified atom stereocenters. The number of hydrogen-bond acceptors (Lipinski definition) is 3. The van der Waals surface area contributed by atoms with Crippen LogP contribution in [-0.4, -0.2) is 47.2 Å². The second kappa shape index (κ2) is 4.99. The molecule has 1 N–H and O–H groups in total. The van der Waals surface area contributed by atoms with Crippen LogP contribution >= 0.6 is 0 Å².